The first-order valence-corrected chi connectivity index (χ1v) is 20.1. The van der Waals surface area contributed by atoms with Gasteiger partial charge in [-0.2, -0.15) is 0 Å². The Hall–Kier alpha value is -5.18. The largest absolute Gasteiger partial charge is 0.448 e. The molecule has 1 aliphatic carbocycles. The summed E-state index contributed by atoms with van der Waals surface area (Å²) in [6, 6.07) is 24.5. The molecule has 2 heterocycles. The maximum atomic E-state index is 14.4. The molecular formula is C42H52BClN8O5. The Morgan fingerprint density at radius 2 is 1.63 bits per heavy atom. The molecule has 0 unspecified atom stereocenters. The van der Waals surface area contributed by atoms with E-state index >= 15 is 0 Å². The van der Waals surface area contributed by atoms with E-state index in [4.69, 9.17) is 27.8 Å². The predicted octanol–water partition coefficient (Wildman–Crippen LogP) is 5.16. The monoisotopic (exact) mass is 794 g/mol. The molecule has 1 aromatic heterocycles. The minimum absolute atomic E-state index is 0.0675. The number of anilines is 2. The standard InChI is InChI=1S/C42H52BClN8O5/c1-27-10-3-4-11-30(27)22-29(23-47-41(54)37-39(45)50-40(46)38(44)49-37)25-52(24-28-17-20-51(21-18-28)36(53)16-9-19-48-43(2)56)42(55)57-26-35-33-14-7-5-12-31(33)32-13-6-8-15-34(32)35/h3-8,10-15,28-29,35,48,56H,9,16-26H2,1-2H3,(H,47,54)(H4,45,46,50)/t29-/m0/s1. The number of hydrogen-bond donors (Lipinski definition) is 5. The molecule has 13 nitrogen and oxygen atoms in total. The highest BCUT2D eigenvalue weighted by Crippen LogP contribution is 2.44. The summed E-state index contributed by atoms with van der Waals surface area (Å²) in [5.74, 6) is -0.862. The minimum Gasteiger partial charge on any atom is -0.448 e. The molecule has 0 saturated carbocycles. The third-order valence-corrected chi connectivity index (χ3v) is 11.2. The summed E-state index contributed by atoms with van der Waals surface area (Å²) in [6.07, 6.45) is 2.66. The fraction of sp³-hybridized carbons (Fsp3) is 0.405. The van der Waals surface area contributed by atoms with Gasteiger partial charge in [-0.25, -0.2) is 14.8 Å². The van der Waals surface area contributed by atoms with E-state index in [0.717, 1.165) is 46.2 Å². The van der Waals surface area contributed by atoms with Gasteiger partial charge in [-0.1, -0.05) is 84.4 Å². The van der Waals surface area contributed by atoms with Crippen LogP contribution in [0.5, 0.6) is 0 Å². The predicted molar refractivity (Wildman–Crippen MR) is 224 cm³/mol. The average Bonchev–Trinajstić information content (AvgIpc) is 3.52. The maximum absolute atomic E-state index is 14.4. The molecule has 1 saturated heterocycles. The third kappa shape index (κ3) is 10.6. The maximum Gasteiger partial charge on any atom is 0.409 e. The Bertz CT molecular complexity index is 2000. The van der Waals surface area contributed by atoms with E-state index in [-0.39, 0.29) is 59.3 Å². The van der Waals surface area contributed by atoms with Gasteiger partial charge in [0.15, 0.2) is 22.5 Å². The highest BCUT2D eigenvalue weighted by atomic mass is 35.5. The van der Waals surface area contributed by atoms with Gasteiger partial charge in [0, 0.05) is 45.1 Å². The van der Waals surface area contributed by atoms with Crippen molar-refractivity contribution in [1.29, 1.82) is 0 Å². The lowest BCUT2D eigenvalue weighted by Gasteiger charge is -2.36. The molecule has 300 valence electrons. The van der Waals surface area contributed by atoms with Gasteiger partial charge in [-0.05, 0) is 91.2 Å². The number of fused-ring (bicyclic) bond motifs is 3. The van der Waals surface area contributed by atoms with Gasteiger partial charge in [0.25, 0.3) is 5.91 Å². The van der Waals surface area contributed by atoms with E-state index in [9.17, 15) is 19.4 Å². The van der Waals surface area contributed by atoms with E-state index in [1.165, 1.54) is 0 Å². The SMILES string of the molecule is CB(O)NCCCC(=O)N1CCC(CN(C[C@H](CNC(=O)c2nc(Cl)c(N)nc2N)Cc2ccccc2C)C(=O)OCC2c3ccccc3-c3ccccc32)CC1. The Kier molecular flexibility index (Phi) is 14.0. The molecule has 1 atom stereocenters. The van der Waals surface area contributed by atoms with Crippen molar-refractivity contribution >= 4 is 48.2 Å². The lowest BCUT2D eigenvalue weighted by molar-refractivity contribution is -0.132. The van der Waals surface area contributed by atoms with Crippen LogP contribution in [0.15, 0.2) is 72.8 Å². The number of likely N-dealkylation sites (tertiary alicyclic amines) is 1. The molecule has 4 aromatic rings. The molecule has 0 bridgehead atoms. The number of nitrogens with one attached hydrogen (secondary N) is 2. The van der Waals surface area contributed by atoms with Crippen molar-refractivity contribution in [3.8, 4) is 11.1 Å². The molecular weight excluding hydrogens is 743 g/mol. The molecule has 1 aliphatic heterocycles. The van der Waals surface area contributed by atoms with Crippen LogP contribution in [-0.2, 0) is 16.0 Å². The van der Waals surface area contributed by atoms with Gasteiger partial charge in [0.1, 0.15) is 6.61 Å². The Morgan fingerprint density at radius 1 is 0.982 bits per heavy atom. The molecule has 6 rings (SSSR count). The summed E-state index contributed by atoms with van der Waals surface area (Å²) in [6.45, 7) is 6.56. The van der Waals surface area contributed by atoms with Crippen LogP contribution in [0.3, 0.4) is 0 Å². The van der Waals surface area contributed by atoms with Crippen LogP contribution in [0.4, 0.5) is 16.4 Å². The molecule has 2 aliphatic rings. The normalized spacial score (nSPS) is 14.4. The van der Waals surface area contributed by atoms with Crippen molar-refractivity contribution in [3.63, 3.8) is 0 Å². The van der Waals surface area contributed by atoms with Crippen molar-refractivity contribution in [2.24, 2.45) is 11.8 Å². The second-order valence-electron chi connectivity index (χ2n) is 15.1. The molecule has 7 N–H and O–H groups in total. The summed E-state index contributed by atoms with van der Waals surface area (Å²) >= 11 is 6.09. The molecule has 57 heavy (non-hydrogen) atoms. The number of nitrogen functional groups attached to an aromatic ring is 2. The van der Waals surface area contributed by atoms with E-state index in [1.807, 2.05) is 54.3 Å². The van der Waals surface area contributed by atoms with E-state index in [0.29, 0.717) is 52.0 Å². The van der Waals surface area contributed by atoms with Crippen LogP contribution in [-0.4, -0.2) is 95.6 Å². The zero-order chi connectivity index (χ0) is 40.5. The molecule has 1 fully saturated rings. The van der Waals surface area contributed by atoms with Crippen molar-refractivity contribution in [1.82, 2.24) is 30.3 Å². The Morgan fingerprint density at radius 3 is 2.30 bits per heavy atom. The number of carbonyl (C=O) groups is 3. The van der Waals surface area contributed by atoms with Crippen LogP contribution in [0.1, 0.15) is 64.3 Å². The Balaban J connectivity index is 1.19. The number of carbonyl (C=O) groups excluding carboxylic acids is 3. The highest BCUT2D eigenvalue weighted by molar-refractivity contribution is 6.45. The number of halogens is 1. The quantitative estimate of drug-likeness (QED) is 0.0749. The highest BCUT2D eigenvalue weighted by Gasteiger charge is 2.32. The number of benzene rings is 3. The molecule has 0 spiro atoms. The molecule has 0 radical (unpaired) electrons. The number of hydrogen-bond acceptors (Lipinski definition) is 10. The number of aromatic nitrogens is 2. The summed E-state index contributed by atoms with van der Waals surface area (Å²) < 4.78 is 6.23. The smallest absolute Gasteiger partial charge is 0.409 e. The lowest BCUT2D eigenvalue weighted by atomic mass is 9.89. The summed E-state index contributed by atoms with van der Waals surface area (Å²) in [4.78, 5) is 52.4. The number of rotatable bonds is 16. The first kappa shape index (κ1) is 41.5. The molecule has 3 amide bonds. The number of ether oxygens (including phenoxy) is 1. The zero-order valence-corrected chi connectivity index (χ0v) is 33.4. The number of piperidine rings is 1. The fourth-order valence-electron chi connectivity index (χ4n) is 7.89. The number of aryl methyl sites for hydroxylation is 1. The first-order chi connectivity index (χ1) is 27.5. The first-order valence-electron chi connectivity index (χ1n) is 19.7. The summed E-state index contributed by atoms with van der Waals surface area (Å²) in [7, 11) is -0.612. The van der Waals surface area contributed by atoms with Crippen LogP contribution >= 0.6 is 11.6 Å². The van der Waals surface area contributed by atoms with Crippen molar-refractivity contribution < 1.29 is 24.1 Å². The van der Waals surface area contributed by atoms with Crippen molar-refractivity contribution in [3.05, 3.63) is 106 Å². The van der Waals surface area contributed by atoms with Gasteiger partial charge < -0.3 is 41.6 Å². The fourth-order valence-corrected chi connectivity index (χ4v) is 8.01. The van der Waals surface area contributed by atoms with Crippen LogP contribution < -0.4 is 22.0 Å². The second kappa shape index (κ2) is 19.3. The van der Waals surface area contributed by atoms with Gasteiger partial charge in [0.2, 0.25) is 5.91 Å². The third-order valence-electron chi connectivity index (χ3n) is 11.0. The summed E-state index contributed by atoms with van der Waals surface area (Å²) in [5.41, 5.74) is 18.4. The van der Waals surface area contributed by atoms with Crippen molar-refractivity contribution in [2.75, 3.05) is 57.3 Å². The summed E-state index contributed by atoms with van der Waals surface area (Å²) in [5, 5.41) is 15.2. The zero-order valence-electron chi connectivity index (χ0n) is 32.6. The number of nitrogens with two attached hydrogens (primary N) is 2. The van der Waals surface area contributed by atoms with Gasteiger partial charge >= 0.3 is 13.1 Å². The lowest BCUT2D eigenvalue weighted by Crippen LogP contribution is -2.46. The van der Waals surface area contributed by atoms with E-state index in [2.05, 4.69) is 50.8 Å². The van der Waals surface area contributed by atoms with E-state index in [1.54, 1.807) is 11.7 Å². The second-order valence-corrected chi connectivity index (χ2v) is 15.5. The number of nitrogens with zero attached hydrogens (tertiary/aromatic N) is 4. The van der Waals surface area contributed by atoms with Gasteiger partial charge in [-0.3, -0.25) is 9.59 Å². The number of amides is 3. The van der Waals surface area contributed by atoms with Gasteiger partial charge in [0.05, 0.1) is 0 Å². The average molecular weight is 795 g/mol. The molecule has 15 heteroatoms. The van der Waals surface area contributed by atoms with Crippen molar-refractivity contribution in [2.45, 2.75) is 51.8 Å². The minimum atomic E-state index is -0.612. The van der Waals surface area contributed by atoms with E-state index < -0.39 is 19.1 Å². The molecule has 3 aromatic carbocycles. The Labute approximate surface area is 339 Å². The van der Waals surface area contributed by atoms with Gasteiger partial charge in [-0.15, -0.1) is 0 Å². The van der Waals surface area contributed by atoms with Crippen LogP contribution in [0.2, 0.25) is 12.0 Å². The topological polar surface area (TPSA) is 189 Å². The van der Waals surface area contributed by atoms with Crippen LogP contribution in [0, 0.1) is 18.8 Å². The van der Waals surface area contributed by atoms with Crippen LogP contribution in [0.25, 0.3) is 11.1 Å².